The first-order valence-corrected chi connectivity index (χ1v) is 13.2. The average molecular weight is 508 g/mol. The smallest absolute Gasteiger partial charge is 0.265 e. The Morgan fingerprint density at radius 3 is 2.61 bits per heavy atom. The Hall–Kier alpha value is -3.06. The lowest BCUT2D eigenvalue weighted by Crippen LogP contribution is -2.40. The number of hydrogen-bond acceptors (Lipinski definition) is 5. The number of anilines is 1. The summed E-state index contributed by atoms with van der Waals surface area (Å²) >= 11 is 1.28. The van der Waals surface area contributed by atoms with Crippen molar-refractivity contribution in [2.24, 2.45) is 11.8 Å². The van der Waals surface area contributed by atoms with Gasteiger partial charge in [0.2, 0.25) is 0 Å². The second-order valence-corrected chi connectivity index (χ2v) is 11.4. The molecular formula is C29H34FN3O2S. The van der Waals surface area contributed by atoms with Gasteiger partial charge in [0.15, 0.2) is 0 Å². The maximum Gasteiger partial charge on any atom is 0.265 e. The fourth-order valence-electron chi connectivity index (χ4n) is 4.66. The van der Waals surface area contributed by atoms with Gasteiger partial charge in [-0.05, 0) is 80.5 Å². The van der Waals surface area contributed by atoms with Crippen LogP contribution < -0.4 is 14.4 Å². The topological polar surface area (TPSA) is 54.5 Å². The van der Waals surface area contributed by atoms with Crippen molar-refractivity contribution >= 4 is 23.7 Å². The van der Waals surface area contributed by atoms with Gasteiger partial charge < -0.3 is 9.64 Å². The summed E-state index contributed by atoms with van der Waals surface area (Å²) in [6, 6.07) is 17.9. The van der Waals surface area contributed by atoms with Gasteiger partial charge in [0.1, 0.15) is 17.4 Å². The van der Waals surface area contributed by atoms with E-state index in [2.05, 4.69) is 30.4 Å². The molecule has 1 unspecified atom stereocenters. The number of ether oxygens (including phenoxy) is 1. The van der Waals surface area contributed by atoms with Gasteiger partial charge in [-0.1, -0.05) is 39.0 Å². The molecule has 3 aromatic rings. The first-order valence-electron chi connectivity index (χ1n) is 12.4. The molecule has 0 aliphatic carbocycles. The highest BCUT2D eigenvalue weighted by Crippen LogP contribution is 2.38. The molecule has 7 heteroatoms. The number of rotatable bonds is 8. The third-order valence-corrected chi connectivity index (χ3v) is 7.00. The number of nitrogens with one attached hydrogen (secondary N) is 1. The molecule has 4 rings (SSSR count). The number of amides is 1. The molecule has 5 nitrogen and oxygen atoms in total. The fraction of sp³-hybridized carbons (Fsp3) is 0.379. The summed E-state index contributed by atoms with van der Waals surface area (Å²) < 4.78 is 23.2. The summed E-state index contributed by atoms with van der Waals surface area (Å²) in [5.74, 6) is 1.28. The zero-order valence-corrected chi connectivity index (χ0v) is 22.4. The molecule has 1 atom stereocenters. The number of benzene rings is 2. The number of pyridine rings is 1. The molecule has 0 bridgehead atoms. The van der Waals surface area contributed by atoms with Crippen molar-refractivity contribution in [3.63, 3.8) is 0 Å². The Balaban J connectivity index is 1.70. The van der Waals surface area contributed by atoms with Crippen molar-refractivity contribution in [3.05, 3.63) is 72.0 Å². The van der Waals surface area contributed by atoms with E-state index in [9.17, 15) is 9.18 Å². The van der Waals surface area contributed by atoms with Crippen molar-refractivity contribution in [1.29, 1.82) is 0 Å². The number of carbonyl (C=O) groups is 1. The van der Waals surface area contributed by atoms with E-state index < -0.39 is 0 Å². The molecule has 1 aliphatic rings. The summed E-state index contributed by atoms with van der Waals surface area (Å²) in [5, 5.41) is 0. The van der Waals surface area contributed by atoms with Crippen molar-refractivity contribution in [2.45, 2.75) is 51.5 Å². The molecule has 2 aromatic carbocycles. The molecule has 2 heterocycles. The van der Waals surface area contributed by atoms with E-state index in [4.69, 9.17) is 9.72 Å². The molecule has 1 amide bonds. The Labute approximate surface area is 217 Å². The lowest BCUT2D eigenvalue weighted by atomic mass is 9.97. The Morgan fingerprint density at radius 2 is 1.94 bits per heavy atom. The molecule has 1 fully saturated rings. The van der Waals surface area contributed by atoms with Gasteiger partial charge in [0.25, 0.3) is 5.91 Å². The van der Waals surface area contributed by atoms with Crippen LogP contribution in [-0.2, 0) is 0 Å². The van der Waals surface area contributed by atoms with Gasteiger partial charge in [0, 0.05) is 28.6 Å². The predicted octanol–water partition coefficient (Wildman–Crippen LogP) is 6.98. The van der Waals surface area contributed by atoms with Crippen LogP contribution in [0.3, 0.4) is 0 Å². The molecule has 1 N–H and O–H groups in total. The second-order valence-electron chi connectivity index (χ2n) is 10.5. The van der Waals surface area contributed by atoms with E-state index >= 15 is 0 Å². The van der Waals surface area contributed by atoms with Gasteiger partial charge in [-0.25, -0.2) is 9.37 Å². The highest BCUT2D eigenvalue weighted by atomic mass is 32.2. The second kappa shape index (κ2) is 10.9. The van der Waals surface area contributed by atoms with E-state index in [0.717, 1.165) is 17.9 Å². The van der Waals surface area contributed by atoms with Crippen LogP contribution in [0.5, 0.6) is 5.75 Å². The standard InChI is InChI=1S/C29H34FN3O2S/c1-19(2)18-35-23-14-21(13-22(30)15-23)26-12-11-25(28(34)32-36-24-9-7-6-8-10-24)27(31-26)33-17-20(3)16-29(33,4)5/h6-15,19-20H,16-18H2,1-5H3,(H,32,34). The van der Waals surface area contributed by atoms with E-state index in [-0.39, 0.29) is 17.3 Å². The average Bonchev–Trinajstić information content (AvgIpc) is 3.12. The van der Waals surface area contributed by atoms with E-state index in [1.165, 1.54) is 24.1 Å². The van der Waals surface area contributed by atoms with Crippen molar-refractivity contribution < 1.29 is 13.9 Å². The van der Waals surface area contributed by atoms with Crippen LogP contribution in [-0.4, -0.2) is 29.6 Å². The lowest BCUT2D eigenvalue weighted by Gasteiger charge is -2.34. The summed E-state index contributed by atoms with van der Waals surface area (Å²) in [7, 11) is 0. The van der Waals surface area contributed by atoms with Crippen LogP contribution in [0.15, 0.2) is 65.6 Å². The zero-order chi connectivity index (χ0) is 25.9. The SMILES string of the molecule is CC(C)COc1cc(F)cc(-c2ccc(C(=O)NSc3ccccc3)c(N3CC(C)CC3(C)C)n2)c1. The minimum Gasteiger partial charge on any atom is -0.493 e. The van der Waals surface area contributed by atoms with Crippen molar-refractivity contribution in [1.82, 2.24) is 9.71 Å². The monoisotopic (exact) mass is 507 g/mol. The first-order chi connectivity index (χ1) is 17.1. The molecule has 1 saturated heterocycles. The van der Waals surface area contributed by atoms with Crippen LogP contribution in [0.2, 0.25) is 0 Å². The molecule has 190 valence electrons. The number of halogens is 1. The summed E-state index contributed by atoms with van der Waals surface area (Å²) in [6.07, 6.45) is 0.992. The van der Waals surface area contributed by atoms with Crippen LogP contribution in [0, 0.1) is 17.7 Å². The molecular weight excluding hydrogens is 473 g/mol. The summed E-state index contributed by atoms with van der Waals surface area (Å²) in [4.78, 5) is 21.4. The van der Waals surface area contributed by atoms with Gasteiger partial charge in [-0.15, -0.1) is 0 Å². The Bertz CT molecular complexity index is 1220. The van der Waals surface area contributed by atoms with Crippen molar-refractivity contribution in [2.75, 3.05) is 18.1 Å². The maximum absolute atomic E-state index is 14.5. The van der Waals surface area contributed by atoms with Crippen LogP contribution >= 0.6 is 11.9 Å². The summed E-state index contributed by atoms with van der Waals surface area (Å²) in [6.45, 7) is 11.9. The van der Waals surface area contributed by atoms with Crippen LogP contribution in [0.1, 0.15) is 51.4 Å². The van der Waals surface area contributed by atoms with E-state index in [0.29, 0.717) is 46.8 Å². The highest BCUT2D eigenvalue weighted by molar-refractivity contribution is 7.98. The third-order valence-electron chi connectivity index (χ3n) is 6.20. The van der Waals surface area contributed by atoms with Crippen LogP contribution in [0.4, 0.5) is 10.2 Å². The molecule has 36 heavy (non-hydrogen) atoms. The molecule has 1 aliphatic heterocycles. The molecule has 0 saturated carbocycles. The highest BCUT2D eigenvalue weighted by Gasteiger charge is 2.39. The Morgan fingerprint density at radius 1 is 1.19 bits per heavy atom. The van der Waals surface area contributed by atoms with Gasteiger partial charge in [-0.3, -0.25) is 9.52 Å². The van der Waals surface area contributed by atoms with Gasteiger partial charge >= 0.3 is 0 Å². The number of nitrogens with zero attached hydrogens (tertiary/aromatic N) is 2. The largest absolute Gasteiger partial charge is 0.493 e. The molecule has 1 aromatic heterocycles. The minimum atomic E-state index is -0.384. The normalized spacial score (nSPS) is 16.9. The maximum atomic E-state index is 14.5. The predicted molar refractivity (Wildman–Crippen MR) is 145 cm³/mol. The minimum absolute atomic E-state index is 0.167. The zero-order valence-electron chi connectivity index (χ0n) is 21.5. The quantitative estimate of drug-likeness (QED) is 0.333. The summed E-state index contributed by atoms with van der Waals surface area (Å²) in [5.41, 5.74) is 1.55. The van der Waals surface area contributed by atoms with Gasteiger partial charge in [0.05, 0.1) is 17.9 Å². The number of hydrogen-bond donors (Lipinski definition) is 1. The van der Waals surface area contributed by atoms with Crippen molar-refractivity contribution in [3.8, 4) is 17.0 Å². The van der Waals surface area contributed by atoms with E-state index in [1.807, 2.05) is 44.2 Å². The lowest BCUT2D eigenvalue weighted by molar-refractivity contribution is 0.0984. The third kappa shape index (κ3) is 6.19. The molecule has 0 radical (unpaired) electrons. The first kappa shape index (κ1) is 26.0. The van der Waals surface area contributed by atoms with E-state index in [1.54, 1.807) is 18.2 Å². The Kier molecular flexibility index (Phi) is 7.88. The van der Waals surface area contributed by atoms with Crippen LogP contribution in [0.25, 0.3) is 11.3 Å². The number of aromatic nitrogens is 1. The number of carbonyl (C=O) groups excluding carboxylic acids is 1. The fourth-order valence-corrected chi connectivity index (χ4v) is 5.27. The molecule has 0 spiro atoms. The van der Waals surface area contributed by atoms with Gasteiger partial charge in [-0.2, -0.15) is 0 Å².